The fourth-order valence-electron chi connectivity index (χ4n) is 3.78. The molecule has 1 aromatic heterocycles. The van der Waals surface area contributed by atoms with E-state index in [2.05, 4.69) is 72.7 Å². The highest BCUT2D eigenvalue weighted by molar-refractivity contribution is 6.74. The maximum absolute atomic E-state index is 12.9. The van der Waals surface area contributed by atoms with Crippen LogP contribution in [-0.2, 0) is 23.1 Å². The minimum Gasteiger partial charge on any atom is -0.411 e. The highest BCUT2D eigenvalue weighted by Gasteiger charge is 2.65. The van der Waals surface area contributed by atoms with Gasteiger partial charge in [0.2, 0.25) is 5.79 Å². The third-order valence-corrected chi connectivity index (χ3v) is 17.1. The van der Waals surface area contributed by atoms with Crippen molar-refractivity contribution in [3.05, 3.63) is 22.2 Å². The number of ether oxygens (including phenoxy) is 3. The topological polar surface area (TPSA) is 107 Å². The van der Waals surface area contributed by atoms with Crippen LogP contribution in [0.5, 0.6) is 0 Å². The van der Waals surface area contributed by atoms with Crippen LogP contribution in [0, 0.1) is 6.92 Å². The lowest BCUT2D eigenvalue weighted by molar-refractivity contribution is -0.347. The molecule has 200 valence electrons. The Balaban J connectivity index is 2.09. The molecule has 11 heteroatoms. The molecule has 2 N–H and O–H groups in total. The first kappa shape index (κ1) is 28.5. The molecule has 0 radical (unpaired) electrons. The van der Waals surface area contributed by atoms with Crippen LogP contribution in [0.3, 0.4) is 0 Å². The van der Waals surface area contributed by atoms with Crippen molar-refractivity contribution in [3.8, 4) is 0 Å². The van der Waals surface area contributed by atoms with Crippen LogP contribution in [0.1, 0.15) is 60.3 Å². The van der Waals surface area contributed by atoms with Gasteiger partial charge in [0.1, 0.15) is 18.0 Å². The molecule has 35 heavy (non-hydrogen) atoms. The van der Waals surface area contributed by atoms with Crippen molar-refractivity contribution >= 4 is 22.5 Å². The second-order valence-electron chi connectivity index (χ2n) is 13.0. The van der Waals surface area contributed by atoms with Gasteiger partial charge >= 0.3 is 5.69 Å². The first-order chi connectivity index (χ1) is 15.7. The summed E-state index contributed by atoms with van der Waals surface area (Å²) in [5.74, 6) is -1.03. The van der Waals surface area contributed by atoms with E-state index in [1.807, 2.05) is 6.92 Å². The van der Waals surface area contributed by atoms with Gasteiger partial charge in [0.25, 0.3) is 0 Å². The molecule has 2 saturated heterocycles. The van der Waals surface area contributed by atoms with Gasteiger partial charge in [-0.3, -0.25) is 4.57 Å². The number of fused-ring (bicyclic) bond motifs is 2. The van der Waals surface area contributed by atoms with Crippen molar-refractivity contribution in [1.82, 2.24) is 9.55 Å². The zero-order chi connectivity index (χ0) is 26.8. The van der Waals surface area contributed by atoms with Crippen LogP contribution in [0.25, 0.3) is 0 Å². The summed E-state index contributed by atoms with van der Waals surface area (Å²) in [5.41, 5.74) is 6.05. The predicted octanol–water partition coefficient (Wildman–Crippen LogP) is 4.53. The van der Waals surface area contributed by atoms with E-state index >= 15 is 0 Å². The third kappa shape index (κ3) is 5.32. The van der Waals surface area contributed by atoms with E-state index in [9.17, 15) is 4.79 Å². The van der Waals surface area contributed by atoms with Gasteiger partial charge in [0.05, 0.1) is 6.61 Å². The van der Waals surface area contributed by atoms with E-state index in [4.69, 9.17) is 28.8 Å². The fourth-order valence-corrected chi connectivity index (χ4v) is 6.07. The first-order valence-corrected chi connectivity index (χ1v) is 18.2. The normalized spacial score (nSPS) is 30.1. The zero-order valence-electron chi connectivity index (χ0n) is 23.5. The van der Waals surface area contributed by atoms with Crippen molar-refractivity contribution in [1.29, 1.82) is 0 Å². The van der Waals surface area contributed by atoms with E-state index in [-0.39, 0.29) is 22.5 Å². The minimum absolute atomic E-state index is 0.00252. The lowest BCUT2D eigenvalue weighted by Gasteiger charge is -2.48. The number of nitrogens with zero attached hydrogens (tertiary/aromatic N) is 2. The van der Waals surface area contributed by atoms with Gasteiger partial charge in [-0.1, -0.05) is 41.5 Å². The number of aryl methyl sites for hydroxylation is 1. The zero-order valence-corrected chi connectivity index (χ0v) is 25.5. The number of hydrogen-bond donors (Lipinski definition) is 1. The molecule has 2 bridgehead atoms. The molecular weight excluding hydrogens is 482 g/mol. The second-order valence-corrected chi connectivity index (χ2v) is 22.5. The summed E-state index contributed by atoms with van der Waals surface area (Å²) in [4.78, 5) is 16.9. The number of nitrogen functional groups attached to an aromatic ring is 1. The number of anilines is 1. The van der Waals surface area contributed by atoms with Gasteiger partial charge in [0, 0.05) is 11.8 Å². The SMILES string of the molecule is Cc1cn([C@@H]2O[C@@]3(CO[Si](C)(C)C(C)(C)C)O[C@H](C)O[C@H]2C3O[Si](C)(C)C(C)(C)C)c(=O)nc1N. The summed E-state index contributed by atoms with van der Waals surface area (Å²) < 4.78 is 34.2. The maximum Gasteiger partial charge on any atom is 0.351 e. The molecule has 0 aromatic carbocycles. The summed E-state index contributed by atoms with van der Waals surface area (Å²) in [6.07, 6.45) is -0.865. The molecule has 1 aromatic rings. The standard InChI is InChI=1S/C24H45N3O6Si2/c1-15-13-27(21(28)26-19(15)25)20-17-18(33-35(11,12)23(6,7)8)24(32-20,31-16(2)30-17)14-29-34(9,10)22(3,4)5/h13,16-18,20H,14H2,1-12H3,(H2,25,26,28)/t16-,17+,18?,20-,24-/m1/s1. The Labute approximate surface area is 211 Å². The first-order valence-electron chi connectivity index (χ1n) is 12.4. The van der Waals surface area contributed by atoms with Gasteiger partial charge in [-0.2, -0.15) is 4.98 Å². The highest BCUT2D eigenvalue weighted by Crippen LogP contribution is 2.50. The largest absolute Gasteiger partial charge is 0.411 e. The molecule has 1 unspecified atom stereocenters. The Hall–Kier alpha value is -1.09. The van der Waals surface area contributed by atoms with E-state index < -0.39 is 52.8 Å². The summed E-state index contributed by atoms with van der Waals surface area (Å²) in [6, 6.07) is 0. The van der Waals surface area contributed by atoms with Gasteiger partial charge in [-0.25, -0.2) is 4.79 Å². The molecule has 3 rings (SSSR count). The molecule has 5 atom stereocenters. The number of aromatic nitrogens is 2. The Morgan fingerprint density at radius 1 is 1.09 bits per heavy atom. The van der Waals surface area contributed by atoms with Crippen LogP contribution in [0.4, 0.5) is 5.82 Å². The Bertz CT molecular complexity index is 1000. The smallest absolute Gasteiger partial charge is 0.351 e. The second kappa shape index (κ2) is 9.03. The average Bonchev–Trinajstić information content (AvgIpc) is 2.85. The van der Waals surface area contributed by atoms with Crippen molar-refractivity contribution in [2.24, 2.45) is 0 Å². The summed E-state index contributed by atoms with van der Waals surface area (Å²) >= 11 is 0. The van der Waals surface area contributed by atoms with Crippen LogP contribution in [-0.4, -0.2) is 57.1 Å². The molecular formula is C24H45N3O6Si2. The molecule has 2 aliphatic heterocycles. The van der Waals surface area contributed by atoms with Crippen LogP contribution in [0.15, 0.2) is 11.0 Å². The van der Waals surface area contributed by atoms with Crippen molar-refractivity contribution < 1.29 is 23.1 Å². The molecule has 0 aliphatic carbocycles. The number of nitrogens with two attached hydrogens (primary N) is 1. The highest BCUT2D eigenvalue weighted by atomic mass is 28.4. The quantitative estimate of drug-likeness (QED) is 0.538. The third-order valence-electron chi connectivity index (χ3n) is 8.16. The van der Waals surface area contributed by atoms with Gasteiger partial charge in [0.15, 0.2) is 29.2 Å². The number of rotatable bonds is 6. The van der Waals surface area contributed by atoms with Crippen molar-refractivity contribution in [3.63, 3.8) is 0 Å². The molecule has 2 fully saturated rings. The van der Waals surface area contributed by atoms with Crippen LogP contribution < -0.4 is 11.4 Å². The number of hydrogen-bond acceptors (Lipinski definition) is 8. The summed E-state index contributed by atoms with van der Waals surface area (Å²) in [6.45, 7) is 25.7. The van der Waals surface area contributed by atoms with Crippen molar-refractivity contribution in [2.45, 2.75) is 122 Å². The van der Waals surface area contributed by atoms with E-state index in [1.165, 1.54) is 4.57 Å². The van der Waals surface area contributed by atoms with E-state index in [1.54, 1.807) is 13.1 Å². The van der Waals surface area contributed by atoms with Crippen LogP contribution >= 0.6 is 0 Å². The molecule has 0 saturated carbocycles. The minimum atomic E-state index is -2.29. The average molecular weight is 528 g/mol. The van der Waals surface area contributed by atoms with Gasteiger partial charge < -0.3 is 28.8 Å². The monoisotopic (exact) mass is 527 g/mol. The van der Waals surface area contributed by atoms with E-state index in [0.29, 0.717) is 5.56 Å². The predicted molar refractivity (Wildman–Crippen MR) is 141 cm³/mol. The van der Waals surface area contributed by atoms with Crippen molar-refractivity contribution in [2.75, 3.05) is 12.3 Å². The van der Waals surface area contributed by atoms with Gasteiger partial charge in [-0.05, 0) is 50.1 Å². The molecule has 0 amide bonds. The maximum atomic E-state index is 12.9. The molecule has 0 spiro atoms. The van der Waals surface area contributed by atoms with Crippen LogP contribution in [0.2, 0.25) is 36.3 Å². The lowest BCUT2D eigenvalue weighted by Crippen LogP contribution is -2.62. The summed E-state index contributed by atoms with van der Waals surface area (Å²) in [7, 11) is -4.44. The summed E-state index contributed by atoms with van der Waals surface area (Å²) in [5, 5.41) is -0.0504. The Kier molecular flexibility index (Phi) is 7.35. The Morgan fingerprint density at radius 3 is 2.20 bits per heavy atom. The fraction of sp³-hybridized carbons (Fsp3) is 0.833. The van der Waals surface area contributed by atoms with Gasteiger partial charge in [-0.15, -0.1) is 0 Å². The Morgan fingerprint density at radius 2 is 1.66 bits per heavy atom. The van der Waals surface area contributed by atoms with E-state index in [0.717, 1.165) is 0 Å². The molecule has 2 aliphatic rings. The lowest BCUT2D eigenvalue weighted by atomic mass is 10.1. The molecule has 9 nitrogen and oxygen atoms in total. The molecule has 3 heterocycles.